The van der Waals surface area contributed by atoms with Gasteiger partial charge in [-0.05, 0) is 60.5 Å². The molecule has 0 radical (unpaired) electrons. The number of nitrogens with zero attached hydrogens (tertiary/aromatic N) is 2. The molecule has 4 aromatic rings. The van der Waals surface area contributed by atoms with E-state index in [-0.39, 0.29) is 43.4 Å². The van der Waals surface area contributed by atoms with Crippen LogP contribution in [-0.4, -0.2) is 55.5 Å². The summed E-state index contributed by atoms with van der Waals surface area (Å²) in [6.45, 7) is 0.527. The lowest BCUT2D eigenvalue weighted by molar-refractivity contribution is -0.133. The normalized spacial score (nSPS) is 10.9. The van der Waals surface area contributed by atoms with Crippen molar-refractivity contribution in [3.8, 4) is 5.75 Å². The van der Waals surface area contributed by atoms with E-state index in [1.54, 1.807) is 74.9 Å². The van der Waals surface area contributed by atoms with Crippen molar-refractivity contribution in [1.82, 2.24) is 9.80 Å². The van der Waals surface area contributed by atoms with E-state index in [0.29, 0.717) is 46.4 Å². The van der Waals surface area contributed by atoms with Gasteiger partial charge in [-0.3, -0.25) is 14.4 Å². The van der Waals surface area contributed by atoms with Crippen LogP contribution in [0.15, 0.2) is 88.3 Å². The third kappa shape index (κ3) is 7.12. The Hall–Kier alpha value is -4.50. The number of carbonyl (C=O) groups excluding carboxylic acids is 2. The molecule has 0 spiro atoms. The lowest BCUT2D eigenvalue weighted by Crippen LogP contribution is -2.43. The van der Waals surface area contributed by atoms with Crippen LogP contribution in [0.25, 0.3) is 11.0 Å². The second kappa shape index (κ2) is 13.5. The summed E-state index contributed by atoms with van der Waals surface area (Å²) in [7, 11) is 3.11. The Labute approximate surface area is 231 Å². The van der Waals surface area contributed by atoms with Gasteiger partial charge in [-0.1, -0.05) is 24.3 Å². The van der Waals surface area contributed by atoms with E-state index < -0.39 is 5.82 Å². The molecule has 0 aliphatic rings. The topological polar surface area (TPSA) is 89.3 Å². The molecule has 40 heavy (non-hydrogen) atoms. The van der Waals surface area contributed by atoms with Gasteiger partial charge in [-0.2, -0.15) is 0 Å². The van der Waals surface area contributed by atoms with Crippen molar-refractivity contribution in [2.75, 3.05) is 33.9 Å². The molecule has 9 heteroatoms. The first kappa shape index (κ1) is 28.5. The zero-order valence-electron chi connectivity index (χ0n) is 22.5. The van der Waals surface area contributed by atoms with Crippen LogP contribution in [0, 0.1) is 5.82 Å². The Morgan fingerprint density at radius 1 is 0.900 bits per heavy atom. The van der Waals surface area contributed by atoms with E-state index in [2.05, 4.69) is 0 Å². The number of halogens is 1. The fourth-order valence-electron chi connectivity index (χ4n) is 4.31. The average molecular weight is 547 g/mol. The summed E-state index contributed by atoms with van der Waals surface area (Å²) in [6.07, 6.45) is 1.88. The highest BCUT2D eigenvalue weighted by Crippen LogP contribution is 2.17. The fourth-order valence-corrected chi connectivity index (χ4v) is 4.31. The number of rotatable bonds is 12. The minimum atomic E-state index is -0.397. The zero-order chi connectivity index (χ0) is 28.5. The molecule has 0 bridgehead atoms. The Morgan fingerprint density at radius 2 is 1.62 bits per heavy atom. The Morgan fingerprint density at radius 3 is 2.33 bits per heavy atom. The monoisotopic (exact) mass is 546 g/mol. The van der Waals surface area contributed by atoms with Crippen molar-refractivity contribution in [1.29, 1.82) is 0 Å². The molecule has 0 saturated heterocycles. The van der Waals surface area contributed by atoms with Crippen LogP contribution >= 0.6 is 0 Å². The molecule has 0 aliphatic heterocycles. The van der Waals surface area contributed by atoms with Gasteiger partial charge in [0.2, 0.25) is 5.91 Å². The number of carbonyl (C=O) groups is 2. The first-order valence-corrected chi connectivity index (χ1v) is 12.8. The molecule has 0 fully saturated rings. The average Bonchev–Trinajstić information content (AvgIpc) is 2.98. The molecule has 8 nitrogen and oxygen atoms in total. The number of benzene rings is 3. The molecule has 0 aliphatic carbocycles. The summed E-state index contributed by atoms with van der Waals surface area (Å²) in [4.78, 5) is 43.3. The lowest BCUT2D eigenvalue weighted by Gasteiger charge is -2.28. The first-order valence-electron chi connectivity index (χ1n) is 12.8. The van der Waals surface area contributed by atoms with Crippen molar-refractivity contribution < 1.29 is 27.9 Å². The predicted octanol–water partition coefficient (Wildman–Crippen LogP) is 4.65. The number of hydrogen-bond acceptors (Lipinski definition) is 6. The van der Waals surface area contributed by atoms with E-state index in [9.17, 15) is 18.8 Å². The van der Waals surface area contributed by atoms with Crippen LogP contribution in [0.2, 0.25) is 0 Å². The van der Waals surface area contributed by atoms with Crippen LogP contribution < -0.4 is 10.2 Å². The van der Waals surface area contributed by atoms with Gasteiger partial charge in [0.05, 0.1) is 30.9 Å². The number of amides is 2. The molecule has 1 aromatic heterocycles. The highest BCUT2D eigenvalue weighted by atomic mass is 19.1. The lowest BCUT2D eigenvalue weighted by atomic mass is 10.1. The number of para-hydroxylation sites is 1. The highest BCUT2D eigenvalue weighted by Gasteiger charge is 2.24. The molecule has 1 heterocycles. The SMILES string of the molecule is COCCCN(CC(=O)N(Cc1ccc(F)cc1)Cc1coc2ccccc2c1=O)C(=O)c1ccc(OC)cc1. The zero-order valence-corrected chi connectivity index (χ0v) is 22.5. The molecular weight excluding hydrogens is 515 g/mol. The van der Waals surface area contributed by atoms with Crippen molar-refractivity contribution in [3.05, 3.63) is 112 Å². The Bertz CT molecular complexity index is 1500. The predicted molar refractivity (Wildman–Crippen MR) is 149 cm³/mol. The van der Waals surface area contributed by atoms with Crippen molar-refractivity contribution >= 4 is 22.8 Å². The van der Waals surface area contributed by atoms with Gasteiger partial charge >= 0.3 is 0 Å². The number of fused-ring (bicyclic) bond motifs is 1. The van der Waals surface area contributed by atoms with Gasteiger partial charge in [0, 0.05) is 32.4 Å². The number of methoxy groups -OCH3 is 2. The van der Waals surface area contributed by atoms with Crippen molar-refractivity contribution in [3.63, 3.8) is 0 Å². The van der Waals surface area contributed by atoms with Crippen LogP contribution in [0.1, 0.15) is 27.9 Å². The maximum Gasteiger partial charge on any atom is 0.254 e. The van der Waals surface area contributed by atoms with Gasteiger partial charge in [0.25, 0.3) is 5.91 Å². The maximum atomic E-state index is 13.7. The summed E-state index contributed by atoms with van der Waals surface area (Å²) in [6, 6.07) is 19.3. The molecule has 4 rings (SSSR count). The minimum Gasteiger partial charge on any atom is -0.497 e. The summed E-state index contributed by atoms with van der Waals surface area (Å²) in [5.41, 5.74) is 1.58. The molecule has 0 atom stereocenters. The summed E-state index contributed by atoms with van der Waals surface area (Å²) in [5.74, 6) is -0.486. The van der Waals surface area contributed by atoms with E-state index in [1.165, 1.54) is 28.2 Å². The smallest absolute Gasteiger partial charge is 0.254 e. The molecule has 0 saturated carbocycles. The van der Waals surface area contributed by atoms with Crippen molar-refractivity contribution in [2.45, 2.75) is 19.5 Å². The third-order valence-corrected chi connectivity index (χ3v) is 6.48. The van der Waals surface area contributed by atoms with Crippen LogP contribution in [-0.2, 0) is 22.6 Å². The minimum absolute atomic E-state index is 0.0496. The van der Waals surface area contributed by atoms with E-state index in [1.807, 2.05) is 0 Å². The van der Waals surface area contributed by atoms with Gasteiger partial charge in [0.1, 0.15) is 23.7 Å². The van der Waals surface area contributed by atoms with Crippen LogP contribution in [0.5, 0.6) is 5.75 Å². The molecular formula is C31H31FN2O6. The van der Waals surface area contributed by atoms with Gasteiger partial charge in [0.15, 0.2) is 5.43 Å². The summed E-state index contributed by atoms with van der Waals surface area (Å²) in [5, 5.41) is 0.407. The van der Waals surface area contributed by atoms with Crippen molar-refractivity contribution in [2.24, 2.45) is 0 Å². The molecule has 208 valence electrons. The summed E-state index contributed by atoms with van der Waals surface area (Å²) >= 11 is 0. The second-order valence-electron chi connectivity index (χ2n) is 9.26. The maximum absolute atomic E-state index is 13.7. The molecule has 0 unspecified atom stereocenters. The van der Waals surface area contributed by atoms with Gasteiger partial charge in [-0.15, -0.1) is 0 Å². The Kier molecular flexibility index (Phi) is 9.64. The van der Waals surface area contributed by atoms with E-state index in [0.717, 1.165) is 0 Å². The van der Waals surface area contributed by atoms with Crippen LogP contribution in [0.3, 0.4) is 0 Å². The highest BCUT2D eigenvalue weighted by molar-refractivity contribution is 5.96. The summed E-state index contributed by atoms with van der Waals surface area (Å²) < 4.78 is 29.5. The van der Waals surface area contributed by atoms with E-state index >= 15 is 0 Å². The largest absolute Gasteiger partial charge is 0.497 e. The quantitative estimate of drug-likeness (QED) is 0.241. The Balaban J connectivity index is 1.62. The fraction of sp³-hybridized carbons (Fsp3) is 0.258. The number of ether oxygens (including phenoxy) is 2. The molecule has 3 aromatic carbocycles. The van der Waals surface area contributed by atoms with Crippen LogP contribution in [0.4, 0.5) is 4.39 Å². The second-order valence-corrected chi connectivity index (χ2v) is 9.26. The molecule has 0 N–H and O–H groups in total. The third-order valence-electron chi connectivity index (χ3n) is 6.48. The van der Waals surface area contributed by atoms with E-state index in [4.69, 9.17) is 13.9 Å². The molecule has 2 amide bonds. The first-order chi connectivity index (χ1) is 19.4. The van der Waals surface area contributed by atoms with Gasteiger partial charge in [-0.25, -0.2) is 4.39 Å². The standard InChI is InChI=1S/C31H31FN2O6/c1-38-17-5-16-33(31(37)23-10-14-26(39-2)15-11-23)20-29(35)34(18-22-8-12-25(32)13-9-22)19-24-21-40-28-7-4-3-6-27(28)30(24)36/h3-4,6-15,21H,5,16-20H2,1-2H3. The van der Waals surface area contributed by atoms with Gasteiger partial charge < -0.3 is 23.7 Å². The number of hydrogen-bond donors (Lipinski definition) is 0.